The predicted octanol–water partition coefficient (Wildman–Crippen LogP) is -0.0580. The van der Waals surface area contributed by atoms with E-state index in [4.69, 9.17) is 20.6 Å². The van der Waals surface area contributed by atoms with Crippen LogP contribution < -0.4 is 16.0 Å². The summed E-state index contributed by atoms with van der Waals surface area (Å²) in [6.07, 6.45) is -0.889. The minimum absolute atomic E-state index is 0.0444. The monoisotopic (exact) mass is 235 g/mol. The molecule has 1 amide bonds. The van der Waals surface area contributed by atoms with Gasteiger partial charge in [-0.3, -0.25) is 10.2 Å². The van der Waals surface area contributed by atoms with Crippen molar-refractivity contribution in [1.82, 2.24) is 5.43 Å². The van der Waals surface area contributed by atoms with Gasteiger partial charge in [0.2, 0.25) is 6.10 Å². The largest absolute Gasteiger partial charge is 0.477 e. The number of nitrogens with one attached hydrogen (secondary N) is 1. The average Bonchev–Trinajstić information content (AvgIpc) is 2.38. The molecule has 3 N–H and O–H groups in total. The van der Waals surface area contributed by atoms with Crippen molar-refractivity contribution in [2.24, 2.45) is 5.84 Å². The van der Waals surface area contributed by atoms with Crippen LogP contribution in [0.4, 0.5) is 0 Å². The molecule has 0 aliphatic heterocycles. The Morgan fingerprint density at radius 2 is 2.29 bits per heavy atom. The first kappa shape index (κ1) is 13.0. The number of ether oxygens (including phenoxy) is 2. The molecule has 0 heterocycles. The zero-order valence-electron chi connectivity index (χ0n) is 9.34. The molecule has 6 nitrogen and oxygen atoms in total. The lowest BCUT2D eigenvalue weighted by atomic mass is 10.2. The lowest BCUT2D eigenvalue weighted by molar-refractivity contribution is -0.130. The summed E-state index contributed by atoms with van der Waals surface area (Å²) in [4.78, 5) is 11.4. The smallest absolute Gasteiger partial charge is 0.277 e. The molecule has 1 atom stereocenters. The highest BCUT2D eigenvalue weighted by molar-refractivity contribution is 5.80. The molecule has 1 unspecified atom stereocenters. The molecule has 1 aromatic rings. The van der Waals surface area contributed by atoms with E-state index in [0.29, 0.717) is 11.3 Å². The van der Waals surface area contributed by atoms with E-state index in [1.165, 1.54) is 7.11 Å². The van der Waals surface area contributed by atoms with Crippen molar-refractivity contribution in [2.75, 3.05) is 13.7 Å². The Morgan fingerprint density at radius 1 is 1.59 bits per heavy atom. The summed E-state index contributed by atoms with van der Waals surface area (Å²) in [5.74, 6) is 4.83. The molecule has 17 heavy (non-hydrogen) atoms. The van der Waals surface area contributed by atoms with Gasteiger partial charge < -0.3 is 9.47 Å². The summed E-state index contributed by atoms with van der Waals surface area (Å²) >= 11 is 0. The van der Waals surface area contributed by atoms with Crippen LogP contribution in [0, 0.1) is 11.3 Å². The summed E-state index contributed by atoms with van der Waals surface area (Å²) < 4.78 is 10.2. The van der Waals surface area contributed by atoms with Gasteiger partial charge in [-0.05, 0) is 12.1 Å². The number of carbonyl (C=O) groups is 1. The first-order valence-electron chi connectivity index (χ1n) is 4.88. The van der Waals surface area contributed by atoms with Gasteiger partial charge in [0.25, 0.3) is 5.91 Å². The highest BCUT2D eigenvalue weighted by atomic mass is 16.5. The summed E-state index contributed by atoms with van der Waals surface area (Å²) in [6.45, 7) is 0.0444. The Morgan fingerprint density at radius 3 is 2.88 bits per heavy atom. The Bertz CT molecular complexity index is 428. The molecule has 0 fully saturated rings. The molecule has 90 valence electrons. The fourth-order valence-corrected chi connectivity index (χ4v) is 1.22. The van der Waals surface area contributed by atoms with Gasteiger partial charge in [-0.15, -0.1) is 0 Å². The molecular formula is C11H13N3O3. The summed E-state index contributed by atoms with van der Waals surface area (Å²) in [5, 5.41) is 8.87. The van der Waals surface area contributed by atoms with E-state index in [0.717, 1.165) is 0 Å². The maximum Gasteiger partial charge on any atom is 0.277 e. The third-order valence-electron chi connectivity index (χ3n) is 2.03. The topological polar surface area (TPSA) is 97.4 Å². The van der Waals surface area contributed by atoms with Gasteiger partial charge in [-0.2, -0.15) is 5.26 Å². The minimum atomic E-state index is -0.889. The third-order valence-corrected chi connectivity index (χ3v) is 2.03. The van der Waals surface area contributed by atoms with Crippen LogP contribution in [0.5, 0.6) is 5.75 Å². The van der Waals surface area contributed by atoms with Crippen LogP contribution in [-0.2, 0) is 9.53 Å². The van der Waals surface area contributed by atoms with E-state index < -0.39 is 12.0 Å². The zero-order chi connectivity index (χ0) is 12.7. The van der Waals surface area contributed by atoms with Gasteiger partial charge in [-0.25, -0.2) is 5.84 Å². The van der Waals surface area contributed by atoms with Gasteiger partial charge in [0.1, 0.15) is 11.8 Å². The number of nitrogens with zero attached hydrogens (tertiary/aromatic N) is 1. The van der Waals surface area contributed by atoms with Gasteiger partial charge in [0.05, 0.1) is 12.2 Å². The molecule has 0 aliphatic carbocycles. The molecule has 1 rings (SSSR count). The van der Waals surface area contributed by atoms with Crippen molar-refractivity contribution in [2.45, 2.75) is 6.10 Å². The number of nitrogens with two attached hydrogens (primary N) is 1. The number of amides is 1. The molecular weight excluding hydrogens is 222 g/mol. The Hall–Kier alpha value is -2.10. The Balaban J connectivity index is 2.86. The second kappa shape index (κ2) is 6.48. The zero-order valence-corrected chi connectivity index (χ0v) is 9.34. The van der Waals surface area contributed by atoms with E-state index in [1.807, 2.05) is 11.5 Å². The van der Waals surface area contributed by atoms with Crippen LogP contribution >= 0.6 is 0 Å². The fraction of sp³-hybridized carbons (Fsp3) is 0.273. The van der Waals surface area contributed by atoms with E-state index in [2.05, 4.69) is 0 Å². The number of rotatable bonds is 5. The lowest BCUT2D eigenvalue weighted by Crippen LogP contribution is -2.44. The number of hydrazine groups is 1. The summed E-state index contributed by atoms with van der Waals surface area (Å²) in [7, 11) is 1.44. The van der Waals surface area contributed by atoms with Gasteiger partial charge in [-0.1, -0.05) is 12.1 Å². The van der Waals surface area contributed by atoms with Gasteiger partial charge >= 0.3 is 0 Å². The number of hydrogen-bond acceptors (Lipinski definition) is 5. The summed E-state index contributed by atoms with van der Waals surface area (Å²) in [6, 6.07) is 8.59. The lowest BCUT2D eigenvalue weighted by Gasteiger charge is -2.17. The van der Waals surface area contributed by atoms with Crippen molar-refractivity contribution in [3.63, 3.8) is 0 Å². The quantitative estimate of drug-likeness (QED) is 0.423. The van der Waals surface area contributed by atoms with Crippen molar-refractivity contribution in [1.29, 1.82) is 5.26 Å². The number of benzene rings is 1. The Labute approximate surface area is 98.9 Å². The Kier molecular flexibility index (Phi) is 4.94. The minimum Gasteiger partial charge on any atom is -0.477 e. The molecule has 0 spiro atoms. The van der Waals surface area contributed by atoms with E-state index in [-0.39, 0.29) is 6.61 Å². The third kappa shape index (κ3) is 3.45. The molecule has 0 saturated heterocycles. The first-order chi connectivity index (χ1) is 8.22. The maximum absolute atomic E-state index is 11.4. The molecule has 0 aromatic heterocycles. The van der Waals surface area contributed by atoms with Crippen molar-refractivity contribution in [3.8, 4) is 11.8 Å². The van der Waals surface area contributed by atoms with Crippen LogP contribution in [0.3, 0.4) is 0 Å². The molecule has 0 saturated carbocycles. The number of nitriles is 1. The van der Waals surface area contributed by atoms with Gasteiger partial charge in [0, 0.05) is 7.11 Å². The molecule has 6 heteroatoms. The fourth-order valence-electron chi connectivity index (χ4n) is 1.22. The number of para-hydroxylation sites is 1. The van der Waals surface area contributed by atoms with E-state index in [1.54, 1.807) is 24.3 Å². The SMILES string of the molecule is COCC(Oc1ccccc1C#N)C(=O)NN. The van der Waals surface area contributed by atoms with Crippen LogP contribution in [0.25, 0.3) is 0 Å². The van der Waals surface area contributed by atoms with Crippen molar-refractivity contribution < 1.29 is 14.3 Å². The van der Waals surface area contributed by atoms with Crippen LogP contribution in [0.15, 0.2) is 24.3 Å². The van der Waals surface area contributed by atoms with Crippen LogP contribution in [0.2, 0.25) is 0 Å². The van der Waals surface area contributed by atoms with E-state index >= 15 is 0 Å². The van der Waals surface area contributed by atoms with Gasteiger partial charge in [0.15, 0.2) is 0 Å². The predicted molar refractivity (Wildman–Crippen MR) is 59.8 cm³/mol. The van der Waals surface area contributed by atoms with E-state index in [9.17, 15) is 4.79 Å². The number of hydrogen-bond donors (Lipinski definition) is 2. The van der Waals surface area contributed by atoms with Crippen molar-refractivity contribution >= 4 is 5.91 Å². The number of carbonyl (C=O) groups excluding carboxylic acids is 1. The highest BCUT2D eigenvalue weighted by Crippen LogP contribution is 2.18. The molecule has 0 bridgehead atoms. The molecule has 0 radical (unpaired) electrons. The number of methoxy groups -OCH3 is 1. The second-order valence-corrected chi connectivity index (χ2v) is 3.18. The average molecular weight is 235 g/mol. The van der Waals surface area contributed by atoms with Crippen LogP contribution in [-0.4, -0.2) is 25.7 Å². The molecule has 0 aliphatic rings. The molecule has 1 aromatic carbocycles. The maximum atomic E-state index is 11.4. The highest BCUT2D eigenvalue weighted by Gasteiger charge is 2.20. The van der Waals surface area contributed by atoms with Crippen LogP contribution in [0.1, 0.15) is 5.56 Å². The second-order valence-electron chi connectivity index (χ2n) is 3.18. The first-order valence-corrected chi connectivity index (χ1v) is 4.88. The van der Waals surface area contributed by atoms with Crippen molar-refractivity contribution in [3.05, 3.63) is 29.8 Å². The normalized spacial score (nSPS) is 11.4. The standard InChI is InChI=1S/C11H13N3O3/c1-16-7-10(11(15)14-13)17-9-5-3-2-4-8(9)6-12/h2-5,10H,7,13H2,1H3,(H,14,15). The summed E-state index contributed by atoms with van der Waals surface area (Å²) in [5.41, 5.74) is 2.33.